The number of carbonyl (C=O) groups is 2. The van der Waals surface area contributed by atoms with Crippen LogP contribution in [-0.2, 0) is 6.54 Å². The minimum absolute atomic E-state index is 0.130. The van der Waals surface area contributed by atoms with E-state index in [-0.39, 0.29) is 11.5 Å². The minimum Gasteiger partial charge on any atom is -0.478 e. The van der Waals surface area contributed by atoms with E-state index in [9.17, 15) is 9.59 Å². The van der Waals surface area contributed by atoms with Crippen molar-refractivity contribution >= 4 is 40.1 Å². The second-order valence-corrected chi connectivity index (χ2v) is 6.60. The SMILES string of the molecule is CCn1c(C(=O)Nc2cc(C(=O)O)ccc2C)c(C)c2cc(Cl)ccc21. The maximum atomic E-state index is 13.0. The van der Waals surface area contributed by atoms with Crippen molar-refractivity contribution in [2.75, 3.05) is 5.32 Å². The summed E-state index contributed by atoms with van der Waals surface area (Å²) in [6.45, 7) is 6.31. The molecule has 3 rings (SSSR count). The summed E-state index contributed by atoms with van der Waals surface area (Å²) in [5.74, 6) is -1.31. The van der Waals surface area contributed by atoms with Gasteiger partial charge in [-0.25, -0.2) is 4.79 Å². The van der Waals surface area contributed by atoms with Crippen LogP contribution in [0.15, 0.2) is 36.4 Å². The van der Waals surface area contributed by atoms with Crippen molar-refractivity contribution < 1.29 is 14.7 Å². The van der Waals surface area contributed by atoms with E-state index < -0.39 is 5.97 Å². The van der Waals surface area contributed by atoms with E-state index in [4.69, 9.17) is 16.7 Å². The van der Waals surface area contributed by atoms with Gasteiger partial charge in [0.15, 0.2) is 0 Å². The molecule has 2 aromatic carbocycles. The van der Waals surface area contributed by atoms with Crippen LogP contribution in [0.5, 0.6) is 0 Å². The van der Waals surface area contributed by atoms with Crippen molar-refractivity contribution in [2.24, 2.45) is 0 Å². The molecule has 0 aliphatic heterocycles. The van der Waals surface area contributed by atoms with Crippen molar-refractivity contribution in [3.63, 3.8) is 0 Å². The molecule has 5 nitrogen and oxygen atoms in total. The van der Waals surface area contributed by atoms with Crippen LogP contribution >= 0.6 is 11.6 Å². The first-order valence-corrected chi connectivity index (χ1v) is 8.65. The number of hydrogen-bond acceptors (Lipinski definition) is 2. The second kappa shape index (κ2) is 6.84. The fourth-order valence-electron chi connectivity index (χ4n) is 3.19. The van der Waals surface area contributed by atoms with Gasteiger partial charge in [-0.1, -0.05) is 17.7 Å². The minimum atomic E-state index is -1.03. The topological polar surface area (TPSA) is 71.3 Å². The maximum absolute atomic E-state index is 13.0. The monoisotopic (exact) mass is 370 g/mol. The number of rotatable bonds is 4. The molecule has 0 atom stereocenters. The second-order valence-electron chi connectivity index (χ2n) is 6.17. The molecule has 1 heterocycles. The first-order valence-electron chi connectivity index (χ1n) is 8.27. The van der Waals surface area contributed by atoms with Crippen molar-refractivity contribution in [1.29, 1.82) is 0 Å². The third kappa shape index (κ3) is 3.06. The lowest BCUT2D eigenvalue weighted by Gasteiger charge is -2.12. The Morgan fingerprint density at radius 2 is 1.88 bits per heavy atom. The smallest absolute Gasteiger partial charge is 0.335 e. The average Bonchev–Trinajstić information content (AvgIpc) is 2.88. The largest absolute Gasteiger partial charge is 0.478 e. The number of anilines is 1. The fourth-order valence-corrected chi connectivity index (χ4v) is 3.36. The molecule has 0 radical (unpaired) electrons. The lowest BCUT2D eigenvalue weighted by atomic mass is 10.1. The Hall–Kier alpha value is -2.79. The quantitative estimate of drug-likeness (QED) is 0.687. The van der Waals surface area contributed by atoms with Crippen molar-refractivity contribution in [1.82, 2.24) is 4.57 Å². The summed E-state index contributed by atoms with van der Waals surface area (Å²) in [5.41, 5.74) is 3.74. The molecule has 3 aromatic rings. The normalized spacial score (nSPS) is 10.9. The molecule has 6 heteroatoms. The Balaban J connectivity index is 2.07. The molecule has 0 saturated heterocycles. The maximum Gasteiger partial charge on any atom is 0.335 e. The molecule has 0 saturated carbocycles. The van der Waals surface area contributed by atoms with Gasteiger partial charge in [-0.3, -0.25) is 4.79 Å². The van der Waals surface area contributed by atoms with Gasteiger partial charge in [0.2, 0.25) is 0 Å². The molecule has 0 aliphatic rings. The van der Waals surface area contributed by atoms with Gasteiger partial charge < -0.3 is 15.0 Å². The zero-order valence-electron chi connectivity index (χ0n) is 14.8. The summed E-state index contributed by atoms with van der Waals surface area (Å²) in [5, 5.41) is 13.6. The number of fused-ring (bicyclic) bond motifs is 1. The standard InChI is InChI=1S/C20H19ClN2O3/c1-4-23-17-8-7-14(21)10-15(17)12(3)18(23)19(24)22-16-9-13(20(25)26)6-5-11(16)2/h5-10H,4H2,1-3H3,(H,22,24)(H,25,26). The number of nitrogens with zero attached hydrogens (tertiary/aromatic N) is 1. The first-order chi connectivity index (χ1) is 12.3. The van der Waals surface area contributed by atoms with E-state index in [1.807, 2.05) is 37.5 Å². The highest BCUT2D eigenvalue weighted by Gasteiger charge is 2.20. The highest BCUT2D eigenvalue weighted by molar-refractivity contribution is 6.31. The molecule has 26 heavy (non-hydrogen) atoms. The fraction of sp³-hybridized carbons (Fsp3) is 0.200. The molecule has 0 fully saturated rings. The molecule has 0 unspecified atom stereocenters. The summed E-state index contributed by atoms with van der Waals surface area (Å²) < 4.78 is 1.94. The van der Waals surface area contributed by atoms with Crippen LogP contribution in [0.25, 0.3) is 10.9 Å². The number of benzene rings is 2. The van der Waals surface area contributed by atoms with Gasteiger partial charge in [-0.15, -0.1) is 0 Å². The number of carbonyl (C=O) groups excluding carboxylic acids is 1. The van der Waals surface area contributed by atoms with Crippen LogP contribution in [0.4, 0.5) is 5.69 Å². The van der Waals surface area contributed by atoms with Gasteiger partial charge in [-0.2, -0.15) is 0 Å². The molecule has 0 aliphatic carbocycles. The van der Waals surface area contributed by atoms with E-state index in [1.54, 1.807) is 12.1 Å². The number of amides is 1. The third-order valence-electron chi connectivity index (χ3n) is 4.54. The molecular formula is C20H19ClN2O3. The van der Waals surface area contributed by atoms with Crippen LogP contribution in [0.2, 0.25) is 5.02 Å². The molecule has 0 spiro atoms. The predicted octanol–water partition coefficient (Wildman–Crippen LogP) is 4.88. The van der Waals surface area contributed by atoms with Crippen LogP contribution in [0.1, 0.15) is 38.9 Å². The van der Waals surface area contributed by atoms with Gasteiger partial charge in [0.25, 0.3) is 5.91 Å². The highest BCUT2D eigenvalue weighted by atomic mass is 35.5. The molecular weight excluding hydrogens is 352 g/mol. The zero-order chi connectivity index (χ0) is 19.0. The first kappa shape index (κ1) is 18.0. The van der Waals surface area contributed by atoms with E-state index in [2.05, 4.69) is 5.32 Å². The Labute approximate surface area is 156 Å². The van der Waals surface area contributed by atoms with E-state index in [0.717, 1.165) is 22.0 Å². The van der Waals surface area contributed by atoms with Crippen LogP contribution in [0, 0.1) is 13.8 Å². The van der Waals surface area contributed by atoms with Gasteiger partial charge in [0, 0.05) is 28.2 Å². The number of hydrogen-bond donors (Lipinski definition) is 2. The van der Waals surface area contributed by atoms with Crippen LogP contribution in [-0.4, -0.2) is 21.6 Å². The predicted molar refractivity (Wildman–Crippen MR) is 103 cm³/mol. The number of carboxylic acid groups (broad SMARTS) is 1. The highest BCUT2D eigenvalue weighted by Crippen LogP contribution is 2.29. The van der Waals surface area contributed by atoms with Gasteiger partial charge in [0.05, 0.1) is 5.56 Å². The van der Waals surface area contributed by atoms with E-state index in [1.165, 1.54) is 12.1 Å². The zero-order valence-corrected chi connectivity index (χ0v) is 15.5. The molecule has 134 valence electrons. The molecule has 1 amide bonds. The summed E-state index contributed by atoms with van der Waals surface area (Å²) in [4.78, 5) is 24.2. The molecule has 2 N–H and O–H groups in total. The lowest BCUT2D eigenvalue weighted by molar-refractivity contribution is 0.0696. The van der Waals surface area contributed by atoms with Gasteiger partial charge in [-0.05, 0) is 62.2 Å². The summed E-state index contributed by atoms with van der Waals surface area (Å²) in [7, 11) is 0. The molecule has 0 bridgehead atoms. The Kier molecular flexibility index (Phi) is 4.74. The van der Waals surface area contributed by atoms with Crippen molar-refractivity contribution in [3.8, 4) is 0 Å². The Bertz CT molecular complexity index is 1040. The number of halogens is 1. The number of aryl methyl sites for hydroxylation is 3. The van der Waals surface area contributed by atoms with Crippen LogP contribution in [0.3, 0.4) is 0 Å². The number of aromatic carboxylic acids is 1. The molecule has 1 aromatic heterocycles. The Morgan fingerprint density at radius 3 is 2.54 bits per heavy atom. The summed E-state index contributed by atoms with van der Waals surface area (Å²) in [6, 6.07) is 10.2. The van der Waals surface area contributed by atoms with Gasteiger partial charge in [0.1, 0.15) is 5.69 Å². The third-order valence-corrected chi connectivity index (χ3v) is 4.78. The summed E-state index contributed by atoms with van der Waals surface area (Å²) >= 11 is 6.11. The van der Waals surface area contributed by atoms with Crippen LogP contribution < -0.4 is 5.32 Å². The number of carboxylic acids is 1. The van der Waals surface area contributed by atoms with Gasteiger partial charge >= 0.3 is 5.97 Å². The van der Waals surface area contributed by atoms with Crippen molar-refractivity contribution in [2.45, 2.75) is 27.3 Å². The summed E-state index contributed by atoms with van der Waals surface area (Å²) in [6.07, 6.45) is 0. The van der Waals surface area contributed by atoms with E-state index >= 15 is 0 Å². The number of aromatic nitrogens is 1. The lowest BCUT2D eigenvalue weighted by Crippen LogP contribution is -2.18. The average molecular weight is 371 g/mol. The van der Waals surface area contributed by atoms with E-state index in [0.29, 0.717) is 22.9 Å². The van der Waals surface area contributed by atoms with Crippen molar-refractivity contribution in [3.05, 3.63) is 63.8 Å². The Morgan fingerprint density at radius 1 is 1.15 bits per heavy atom. The number of nitrogens with one attached hydrogen (secondary N) is 1.